The molecule has 2 aromatic rings. The maximum absolute atomic E-state index is 4.33. The van der Waals surface area contributed by atoms with E-state index in [-0.39, 0.29) is 0 Å². The molecular weight excluding hydrogens is 272 g/mol. The van der Waals surface area contributed by atoms with Crippen molar-refractivity contribution >= 4 is 23.1 Å². The highest BCUT2D eigenvalue weighted by molar-refractivity contribution is 8.01. The van der Waals surface area contributed by atoms with Crippen molar-refractivity contribution in [2.24, 2.45) is 0 Å². The molecule has 0 saturated heterocycles. The first-order valence-corrected chi connectivity index (χ1v) is 8.40. The average molecular weight is 292 g/mol. The SMILES string of the molecule is CCNC(CSc1nccs1)c1ccc(C)c(C)c1. The summed E-state index contributed by atoms with van der Waals surface area (Å²) < 4.78 is 1.15. The van der Waals surface area contributed by atoms with Crippen molar-refractivity contribution in [2.75, 3.05) is 12.3 Å². The largest absolute Gasteiger partial charge is 0.309 e. The number of thiazole rings is 1. The van der Waals surface area contributed by atoms with Crippen LogP contribution >= 0.6 is 23.1 Å². The number of hydrogen-bond donors (Lipinski definition) is 1. The predicted molar refractivity (Wildman–Crippen MR) is 85.2 cm³/mol. The Morgan fingerprint density at radius 1 is 1.32 bits per heavy atom. The molecule has 1 heterocycles. The van der Waals surface area contributed by atoms with Crippen molar-refractivity contribution in [3.05, 3.63) is 46.5 Å². The molecule has 0 aliphatic rings. The highest BCUT2D eigenvalue weighted by atomic mass is 32.2. The van der Waals surface area contributed by atoms with Gasteiger partial charge in [0.05, 0.1) is 0 Å². The second-order valence-electron chi connectivity index (χ2n) is 4.56. The number of benzene rings is 1. The Morgan fingerprint density at radius 2 is 2.16 bits per heavy atom. The van der Waals surface area contributed by atoms with Gasteiger partial charge in [0.2, 0.25) is 0 Å². The summed E-state index contributed by atoms with van der Waals surface area (Å²) in [4.78, 5) is 4.33. The number of nitrogens with one attached hydrogen (secondary N) is 1. The zero-order chi connectivity index (χ0) is 13.7. The van der Waals surface area contributed by atoms with E-state index in [2.05, 4.69) is 49.3 Å². The minimum Gasteiger partial charge on any atom is -0.309 e. The van der Waals surface area contributed by atoms with E-state index in [4.69, 9.17) is 0 Å². The van der Waals surface area contributed by atoms with Crippen LogP contribution < -0.4 is 5.32 Å². The second-order valence-corrected chi connectivity index (χ2v) is 6.72. The molecule has 1 unspecified atom stereocenters. The van der Waals surface area contributed by atoms with E-state index in [1.165, 1.54) is 16.7 Å². The molecule has 0 aliphatic heterocycles. The van der Waals surface area contributed by atoms with Crippen molar-refractivity contribution in [1.29, 1.82) is 0 Å². The van der Waals surface area contributed by atoms with E-state index in [9.17, 15) is 0 Å². The fourth-order valence-electron chi connectivity index (χ4n) is 1.94. The third kappa shape index (κ3) is 4.06. The molecule has 1 aromatic heterocycles. The van der Waals surface area contributed by atoms with Gasteiger partial charge in [0.1, 0.15) is 4.34 Å². The van der Waals surface area contributed by atoms with Crippen LogP contribution in [-0.4, -0.2) is 17.3 Å². The quantitative estimate of drug-likeness (QED) is 0.808. The summed E-state index contributed by atoms with van der Waals surface area (Å²) in [5.74, 6) is 1.02. The molecule has 0 saturated carbocycles. The standard InChI is InChI=1S/C15H20N2S2/c1-4-16-14(10-19-15-17-7-8-18-15)13-6-5-11(2)12(3)9-13/h5-9,14,16H,4,10H2,1-3H3. The molecule has 0 aliphatic carbocycles. The Hall–Kier alpha value is -0.840. The maximum atomic E-state index is 4.33. The highest BCUT2D eigenvalue weighted by Crippen LogP contribution is 2.27. The van der Waals surface area contributed by atoms with Gasteiger partial charge < -0.3 is 5.32 Å². The van der Waals surface area contributed by atoms with Crippen LogP contribution in [0.5, 0.6) is 0 Å². The molecule has 19 heavy (non-hydrogen) atoms. The molecule has 0 radical (unpaired) electrons. The molecule has 0 fully saturated rings. The molecule has 0 bridgehead atoms. The van der Waals surface area contributed by atoms with Crippen LogP contribution in [0.2, 0.25) is 0 Å². The van der Waals surface area contributed by atoms with E-state index in [1.807, 2.05) is 23.3 Å². The van der Waals surface area contributed by atoms with Gasteiger partial charge >= 0.3 is 0 Å². The maximum Gasteiger partial charge on any atom is 0.149 e. The summed E-state index contributed by atoms with van der Waals surface area (Å²) in [6, 6.07) is 7.13. The van der Waals surface area contributed by atoms with Crippen molar-refractivity contribution in [2.45, 2.75) is 31.2 Å². The Morgan fingerprint density at radius 3 is 2.79 bits per heavy atom. The van der Waals surface area contributed by atoms with E-state index in [1.54, 1.807) is 11.3 Å². The van der Waals surface area contributed by atoms with E-state index >= 15 is 0 Å². The Labute approximate surface area is 123 Å². The Balaban J connectivity index is 2.07. The molecule has 0 amide bonds. The van der Waals surface area contributed by atoms with Crippen LogP contribution in [0.3, 0.4) is 0 Å². The number of thioether (sulfide) groups is 1. The predicted octanol–water partition coefficient (Wildman–Crippen LogP) is 4.20. The summed E-state index contributed by atoms with van der Waals surface area (Å²) in [6.07, 6.45) is 1.87. The summed E-state index contributed by atoms with van der Waals surface area (Å²) in [5.41, 5.74) is 4.08. The van der Waals surface area contributed by atoms with Crippen LogP contribution in [0, 0.1) is 13.8 Å². The highest BCUT2D eigenvalue weighted by Gasteiger charge is 2.12. The normalized spacial score (nSPS) is 12.6. The number of aryl methyl sites for hydroxylation is 2. The van der Waals surface area contributed by atoms with Crippen molar-refractivity contribution in [1.82, 2.24) is 10.3 Å². The van der Waals surface area contributed by atoms with Crippen LogP contribution in [0.25, 0.3) is 0 Å². The lowest BCUT2D eigenvalue weighted by Crippen LogP contribution is -2.23. The molecular formula is C15H20N2S2. The first-order valence-electron chi connectivity index (χ1n) is 6.53. The first-order chi connectivity index (χ1) is 9.20. The molecule has 1 aromatic carbocycles. The molecule has 1 atom stereocenters. The van der Waals surface area contributed by atoms with Crippen molar-refractivity contribution < 1.29 is 0 Å². The van der Waals surface area contributed by atoms with Gasteiger partial charge in [0.15, 0.2) is 0 Å². The summed E-state index contributed by atoms with van der Waals surface area (Å²) >= 11 is 3.53. The van der Waals surface area contributed by atoms with E-state index in [0.717, 1.165) is 16.6 Å². The summed E-state index contributed by atoms with van der Waals surface area (Å²) in [6.45, 7) is 7.47. The molecule has 1 N–H and O–H groups in total. The lowest BCUT2D eigenvalue weighted by Gasteiger charge is -2.18. The van der Waals surface area contributed by atoms with Crippen molar-refractivity contribution in [3.63, 3.8) is 0 Å². The van der Waals surface area contributed by atoms with Gasteiger partial charge in [-0.2, -0.15) is 0 Å². The van der Waals surface area contributed by atoms with Gasteiger partial charge in [-0.25, -0.2) is 4.98 Å². The van der Waals surface area contributed by atoms with Gasteiger partial charge in [0, 0.05) is 23.4 Å². The minimum atomic E-state index is 0.387. The van der Waals surface area contributed by atoms with Gasteiger partial charge in [-0.05, 0) is 37.1 Å². The molecule has 4 heteroatoms. The van der Waals surface area contributed by atoms with E-state index < -0.39 is 0 Å². The fraction of sp³-hybridized carbons (Fsp3) is 0.400. The van der Waals surface area contributed by atoms with Gasteiger partial charge in [-0.15, -0.1) is 11.3 Å². The molecule has 0 spiro atoms. The topological polar surface area (TPSA) is 24.9 Å². The second kappa shape index (κ2) is 7.08. The monoisotopic (exact) mass is 292 g/mol. The average Bonchev–Trinajstić information content (AvgIpc) is 2.91. The smallest absolute Gasteiger partial charge is 0.149 e. The van der Waals surface area contributed by atoms with Crippen LogP contribution in [0.15, 0.2) is 34.1 Å². The zero-order valence-electron chi connectivity index (χ0n) is 11.6. The molecule has 102 valence electrons. The lowest BCUT2D eigenvalue weighted by atomic mass is 10.0. The third-order valence-electron chi connectivity index (χ3n) is 3.17. The van der Waals surface area contributed by atoms with Crippen LogP contribution in [-0.2, 0) is 0 Å². The third-order valence-corrected chi connectivity index (χ3v) is 5.23. The Kier molecular flexibility index (Phi) is 5.43. The molecule has 2 rings (SSSR count). The fourth-order valence-corrected chi connectivity index (χ4v) is 3.69. The van der Waals surface area contributed by atoms with Gasteiger partial charge in [-0.1, -0.05) is 36.9 Å². The van der Waals surface area contributed by atoms with Gasteiger partial charge in [-0.3, -0.25) is 0 Å². The van der Waals surface area contributed by atoms with Crippen molar-refractivity contribution in [3.8, 4) is 0 Å². The number of nitrogens with zero attached hydrogens (tertiary/aromatic N) is 1. The lowest BCUT2D eigenvalue weighted by molar-refractivity contribution is 0.605. The minimum absolute atomic E-state index is 0.387. The van der Waals surface area contributed by atoms with Crippen LogP contribution in [0.1, 0.15) is 29.7 Å². The van der Waals surface area contributed by atoms with E-state index in [0.29, 0.717) is 6.04 Å². The number of hydrogen-bond acceptors (Lipinski definition) is 4. The summed E-state index contributed by atoms with van der Waals surface area (Å²) in [5, 5.41) is 5.59. The number of aromatic nitrogens is 1. The first kappa shape index (κ1) is 14.6. The molecule has 2 nitrogen and oxygen atoms in total. The summed E-state index contributed by atoms with van der Waals surface area (Å²) in [7, 11) is 0. The number of rotatable bonds is 6. The zero-order valence-corrected chi connectivity index (χ0v) is 13.3. The van der Waals surface area contributed by atoms with Gasteiger partial charge in [0.25, 0.3) is 0 Å². The Bertz CT molecular complexity index is 509. The van der Waals surface area contributed by atoms with Crippen LogP contribution in [0.4, 0.5) is 0 Å².